The number of hydrogen-bond donors (Lipinski definition) is 2. The second kappa shape index (κ2) is 3.27. The van der Waals surface area contributed by atoms with E-state index >= 15 is 0 Å². The maximum atomic E-state index is 13.1. The van der Waals surface area contributed by atoms with Crippen molar-refractivity contribution in [1.29, 1.82) is 0 Å². The van der Waals surface area contributed by atoms with Crippen LogP contribution in [0.3, 0.4) is 0 Å². The van der Waals surface area contributed by atoms with E-state index in [4.69, 9.17) is 0 Å². The summed E-state index contributed by atoms with van der Waals surface area (Å²) in [5.74, 6) is -0.807. The number of benzene rings is 1. The summed E-state index contributed by atoms with van der Waals surface area (Å²) in [6, 6.07) is 3.11. The number of halogens is 2. The molecule has 2 N–H and O–H groups in total. The van der Waals surface area contributed by atoms with Crippen LogP contribution in [0.5, 0.6) is 5.75 Å². The average molecular weight is 246 g/mol. The van der Waals surface area contributed by atoms with Gasteiger partial charge in [-0.25, -0.2) is 4.39 Å². The number of hydrogen-bond acceptors (Lipinski definition) is 2. The molecule has 1 aliphatic rings. The molecule has 1 atom stereocenters. The van der Waals surface area contributed by atoms with E-state index in [1.165, 1.54) is 6.07 Å². The molecule has 70 valence electrons. The van der Waals surface area contributed by atoms with Gasteiger partial charge in [0.25, 0.3) is 0 Å². The number of phenolic OH excluding ortho intramolecular Hbond substituents is 1. The highest BCUT2D eigenvalue weighted by atomic mass is 79.9. The second-order valence-corrected chi connectivity index (χ2v) is 4.04. The van der Waals surface area contributed by atoms with Crippen molar-refractivity contribution in [2.45, 2.75) is 12.5 Å². The number of rotatable bonds is 1. The van der Waals surface area contributed by atoms with Crippen LogP contribution >= 0.6 is 15.9 Å². The SMILES string of the molecule is Oc1c(F)cc(Br)cc1[C@@H]1CCN1. The summed E-state index contributed by atoms with van der Waals surface area (Å²) in [7, 11) is 0. The molecule has 1 saturated heterocycles. The Labute approximate surface area is 83.9 Å². The molecule has 2 nitrogen and oxygen atoms in total. The van der Waals surface area contributed by atoms with Crippen LogP contribution in [0.1, 0.15) is 18.0 Å². The number of nitrogens with one attached hydrogen (secondary N) is 1. The molecule has 0 radical (unpaired) electrons. The Morgan fingerprint density at radius 2 is 2.23 bits per heavy atom. The van der Waals surface area contributed by atoms with Crippen LogP contribution in [0.4, 0.5) is 4.39 Å². The molecule has 13 heavy (non-hydrogen) atoms. The fourth-order valence-electron chi connectivity index (χ4n) is 1.41. The van der Waals surface area contributed by atoms with Crippen LogP contribution in [-0.2, 0) is 0 Å². The smallest absolute Gasteiger partial charge is 0.166 e. The first kappa shape index (κ1) is 8.97. The van der Waals surface area contributed by atoms with Crippen LogP contribution in [0, 0.1) is 5.82 Å². The molecular weight excluding hydrogens is 237 g/mol. The van der Waals surface area contributed by atoms with Crippen molar-refractivity contribution in [2.24, 2.45) is 0 Å². The van der Waals surface area contributed by atoms with Gasteiger partial charge >= 0.3 is 0 Å². The maximum Gasteiger partial charge on any atom is 0.166 e. The zero-order chi connectivity index (χ0) is 9.42. The van der Waals surface area contributed by atoms with Crippen molar-refractivity contribution in [1.82, 2.24) is 5.32 Å². The van der Waals surface area contributed by atoms with E-state index in [1.807, 2.05) is 0 Å². The Bertz CT molecular complexity index is 339. The zero-order valence-corrected chi connectivity index (χ0v) is 8.44. The van der Waals surface area contributed by atoms with Gasteiger partial charge in [-0.3, -0.25) is 0 Å². The van der Waals surface area contributed by atoms with Crippen LogP contribution in [0.15, 0.2) is 16.6 Å². The molecule has 0 aromatic heterocycles. The predicted octanol–water partition coefficient (Wildman–Crippen LogP) is 2.33. The molecule has 0 saturated carbocycles. The van der Waals surface area contributed by atoms with Gasteiger partial charge in [-0.1, -0.05) is 15.9 Å². The Morgan fingerprint density at radius 3 is 2.77 bits per heavy atom. The lowest BCUT2D eigenvalue weighted by Crippen LogP contribution is -2.35. The van der Waals surface area contributed by atoms with Gasteiger partial charge in [0, 0.05) is 16.1 Å². The third kappa shape index (κ3) is 1.56. The highest BCUT2D eigenvalue weighted by molar-refractivity contribution is 9.10. The number of aromatic hydroxyl groups is 1. The molecule has 0 aliphatic carbocycles. The fourth-order valence-corrected chi connectivity index (χ4v) is 1.85. The minimum absolute atomic E-state index is 0.104. The lowest BCUT2D eigenvalue weighted by molar-refractivity contribution is 0.354. The van der Waals surface area contributed by atoms with Crippen molar-refractivity contribution < 1.29 is 9.50 Å². The molecule has 4 heteroatoms. The maximum absolute atomic E-state index is 13.1. The quantitative estimate of drug-likeness (QED) is 0.797. The van der Waals surface area contributed by atoms with Crippen molar-refractivity contribution in [3.8, 4) is 5.75 Å². The third-order valence-electron chi connectivity index (χ3n) is 2.26. The zero-order valence-electron chi connectivity index (χ0n) is 6.85. The molecule has 0 unspecified atom stereocenters. The van der Waals surface area contributed by atoms with Gasteiger partial charge in [0.1, 0.15) is 0 Å². The van der Waals surface area contributed by atoms with Gasteiger partial charge in [-0.2, -0.15) is 0 Å². The van der Waals surface area contributed by atoms with E-state index in [0.717, 1.165) is 13.0 Å². The first-order valence-electron chi connectivity index (χ1n) is 4.10. The van der Waals surface area contributed by atoms with E-state index < -0.39 is 5.82 Å². The Kier molecular flexibility index (Phi) is 2.26. The van der Waals surface area contributed by atoms with Gasteiger partial charge < -0.3 is 10.4 Å². The summed E-state index contributed by atoms with van der Waals surface area (Å²) < 4.78 is 13.7. The van der Waals surface area contributed by atoms with Crippen LogP contribution < -0.4 is 5.32 Å². The first-order chi connectivity index (χ1) is 6.18. The average Bonchev–Trinajstić information content (AvgIpc) is 1.95. The van der Waals surface area contributed by atoms with Crippen LogP contribution in [0.25, 0.3) is 0 Å². The Balaban J connectivity index is 2.42. The standard InChI is InChI=1S/C9H9BrFNO/c10-5-3-6(8-1-2-12-8)9(13)7(11)4-5/h3-4,8,12-13H,1-2H2/t8-/m0/s1. The molecule has 0 spiro atoms. The van der Waals surface area contributed by atoms with E-state index in [-0.39, 0.29) is 11.8 Å². The molecule has 2 rings (SSSR count). The lowest BCUT2D eigenvalue weighted by Gasteiger charge is -2.28. The Hall–Kier alpha value is -0.610. The molecule has 1 aromatic carbocycles. The minimum atomic E-state index is -0.571. The third-order valence-corrected chi connectivity index (χ3v) is 2.71. The van der Waals surface area contributed by atoms with E-state index in [9.17, 15) is 9.50 Å². The van der Waals surface area contributed by atoms with Gasteiger partial charge in [0.15, 0.2) is 11.6 Å². The van der Waals surface area contributed by atoms with Gasteiger partial charge in [-0.05, 0) is 25.1 Å². The molecule has 1 aliphatic heterocycles. The molecule has 1 fully saturated rings. The normalized spacial score (nSPS) is 21.2. The molecule has 1 heterocycles. The molecule has 0 bridgehead atoms. The minimum Gasteiger partial charge on any atom is -0.505 e. The summed E-state index contributed by atoms with van der Waals surface area (Å²) in [4.78, 5) is 0. The van der Waals surface area contributed by atoms with E-state index in [2.05, 4.69) is 21.2 Å². The molecule has 0 amide bonds. The lowest BCUT2D eigenvalue weighted by atomic mass is 9.97. The van der Waals surface area contributed by atoms with E-state index in [1.54, 1.807) is 6.07 Å². The first-order valence-corrected chi connectivity index (χ1v) is 4.89. The predicted molar refractivity (Wildman–Crippen MR) is 51.1 cm³/mol. The fraction of sp³-hybridized carbons (Fsp3) is 0.333. The van der Waals surface area contributed by atoms with Crippen molar-refractivity contribution in [2.75, 3.05) is 6.54 Å². The van der Waals surface area contributed by atoms with Crippen LogP contribution in [0.2, 0.25) is 0 Å². The second-order valence-electron chi connectivity index (χ2n) is 3.12. The summed E-state index contributed by atoms with van der Waals surface area (Å²) in [6.45, 7) is 0.929. The summed E-state index contributed by atoms with van der Waals surface area (Å²) >= 11 is 3.19. The highest BCUT2D eigenvalue weighted by Gasteiger charge is 2.23. The molecule has 1 aromatic rings. The van der Waals surface area contributed by atoms with Gasteiger partial charge in [0.05, 0.1) is 0 Å². The van der Waals surface area contributed by atoms with Crippen LogP contribution in [-0.4, -0.2) is 11.7 Å². The van der Waals surface area contributed by atoms with Crippen molar-refractivity contribution >= 4 is 15.9 Å². The van der Waals surface area contributed by atoms with Gasteiger partial charge in [-0.15, -0.1) is 0 Å². The summed E-state index contributed by atoms with van der Waals surface area (Å²) in [5, 5.41) is 12.5. The molecular formula is C9H9BrFNO. The van der Waals surface area contributed by atoms with Crippen molar-refractivity contribution in [3.63, 3.8) is 0 Å². The van der Waals surface area contributed by atoms with E-state index in [0.29, 0.717) is 10.0 Å². The monoisotopic (exact) mass is 245 g/mol. The van der Waals surface area contributed by atoms with Crippen molar-refractivity contribution in [3.05, 3.63) is 28.0 Å². The number of phenols is 1. The Morgan fingerprint density at radius 1 is 1.54 bits per heavy atom. The van der Waals surface area contributed by atoms with Gasteiger partial charge in [0.2, 0.25) is 0 Å². The summed E-state index contributed by atoms with van der Waals surface area (Å²) in [5.41, 5.74) is 0.637. The topological polar surface area (TPSA) is 32.3 Å². The highest BCUT2D eigenvalue weighted by Crippen LogP contribution is 2.34. The largest absolute Gasteiger partial charge is 0.505 e. The summed E-state index contributed by atoms with van der Waals surface area (Å²) in [6.07, 6.45) is 0.948.